The number of benzene rings is 4. The molecule has 0 heterocycles. The van der Waals surface area contributed by atoms with Crippen LogP contribution in [0.3, 0.4) is 0 Å². The van der Waals surface area contributed by atoms with E-state index in [0.717, 1.165) is 12.1 Å². The number of aromatic hydroxyl groups is 2. The molecular formula is C28H24N2O9. The normalized spacial score (nSPS) is 10.1. The van der Waals surface area contributed by atoms with Crippen LogP contribution < -0.4 is 15.4 Å². The molecule has 0 atom stereocenters. The van der Waals surface area contributed by atoms with Gasteiger partial charge in [0.05, 0.1) is 11.1 Å². The number of hydrogen-bond donors (Lipinski definition) is 6. The molecule has 11 nitrogen and oxygen atoms in total. The highest BCUT2D eigenvalue weighted by Gasteiger charge is 2.17. The summed E-state index contributed by atoms with van der Waals surface area (Å²) in [5.41, 5.74) is 1.95. The fourth-order valence-corrected chi connectivity index (χ4v) is 3.49. The van der Waals surface area contributed by atoms with Gasteiger partial charge in [-0.2, -0.15) is 0 Å². The number of amides is 1. The Balaban J connectivity index is 0.00000205. The zero-order valence-corrected chi connectivity index (χ0v) is 20.3. The minimum Gasteiger partial charge on any atom is -0.508 e. The number of phenolic OH excluding ortho intramolecular Hbond substituents is 2. The SMILES string of the molecule is C=O.O=C(O)c1ccc(O)cc1C(=O)Nc1ccc(Oc2ccc(Nc3cc(O)ccc3COO)cc2)cc1. The van der Waals surface area contributed by atoms with E-state index >= 15 is 0 Å². The van der Waals surface area contributed by atoms with Crippen LogP contribution in [0.1, 0.15) is 26.3 Å². The Kier molecular flexibility index (Phi) is 9.57. The van der Waals surface area contributed by atoms with E-state index in [1.807, 2.05) is 6.79 Å². The van der Waals surface area contributed by atoms with Gasteiger partial charge in [0.25, 0.3) is 5.91 Å². The molecule has 0 unspecified atom stereocenters. The zero-order valence-electron chi connectivity index (χ0n) is 20.3. The number of phenols is 2. The lowest BCUT2D eigenvalue weighted by molar-refractivity contribution is -0.252. The fourth-order valence-electron chi connectivity index (χ4n) is 3.49. The highest BCUT2D eigenvalue weighted by atomic mass is 17.1. The lowest BCUT2D eigenvalue weighted by Gasteiger charge is -2.13. The van der Waals surface area contributed by atoms with Crippen molar-refractivity contribution in [2.75, 3.05) is 10.6 Å². The van der Waals surface area contributed by atoms with E-state index in [1.165, 1.54) is 18.2 Å². The predicted molar refractivity (Wildman–Crippen MR) is 142 cm³/mol. The lowest BCUT2D eigenvalue weighted by atomic mass is 10.1. The third kappa shape index (κ3) is 7.55. The van der Waals surface area contributed by atoms with Gasteiger partial charge in [-0.25, -0.2) is 9.68 Å². The molecule has 0 aliphatic carbocycles. The first-order chi connectivity index (χ1) is 18.8. The van der Waals surface area contributed by atoms with Crippen molar-refractivity contribution in [3.05, 3.63) is 102 Å². The molecule has 0 radical (unpaired) electrons. The van der Waals surface area contributed by atoms with Gasteiger partial charge in [0.15, 0.2) is 0 Å². The summed E-state index contributed by atoms with van der Waals surface area (Å²) in [5.74, 6) is -1.07. The molecule has 0 aliphatic heterocycles. The summed E-state index contributed by atoms with van der Waals surface area (Å²) in [6, 6.07) is 21.6. The molecule has 0 aliphatic rings. The van der Waals surface area contributed by atoms with Crippen molar-refractivity contribution in [2.45, 2.75) is 6.61 Å². The van der Waals surface area contributed by atoms with Gasteiger partial charge in [0, 0.05) is 28.7 Å². The van der Waals surface area contributed by atoms with E-state index in [9.17, 15) is 24.9 Å². The van der Waals surface area contributed by atoms with E-state index in [0.29, 0.717) is 34.1 Å². The van der Waals surface area contributed by atoms with Crippen LogP contribution in [-0.4, -0.2) is 39.2 Å². The van der Waals surface area contributed by atoms with E-state index in [1.54, 1.807) is 54.6 Å². The van der Waals surface area contributed by atoms with E-state index in [-0.39, 0.29) is 29.2 Å². The second-order valence-corrected chi connectivity index (χ2v) is 7.88. The highest BCUT2D eigenvalue weighted by molar-refractivity contribution is 6.11. The van der Waals surface area contributed by atoms with Crippen LogP contribution in [0, 0.1) is 0 Å². The molecular weight excluding hydrogens is 508 g/mol. The number of carboxylic acid groups (broad SMARTS) is 1. The molecule has 0 saturated heterocycles. The number of nitrogens with one attached hydrogen (secondary N) is 2. The first-order valence-electron chi connectivity index (χ1n) is 11.2. The smallest absolute Gasteiger partial charge is 0.336 e. The van der Waals surface area contributed by atoms with Crippen molar-refractivity contribution >= 4 is 35.7 Å². The van der Waals surface area contributed by atoms with Gasteiger partial charge in [0.1, 0.15) is 36.4 Å². The molecule has 11 heteroatoms. The third-order valence-corrected chi connectivity index (χ3v) is 5.27. The molecule has 0 aromatic heterocycles. The van der Waals surface area contributed by atoms with Crippen molar-refractivity contribution in [1.82, 2.24) is 0 Å². The molecule has 4 rings (SSSR count). The van der Waals surface area contributed by atoms with Crippen LogP contribution in [0.5, 0.6) is 23.0 Å². The molecule has 4 aromatic carbocycles. The Morgan fingerprint density at radius 1 is 0.744 bits per heavy atom. The first-order valence-corrected chi connectivity index (χ1v) is 11.2. The summed E-state index contributed by atoms with van der Waals surface area (Å²) in [7, 11) is 0. The molecule has 0 saturated carbocycles. The van der Waals surface area contributed by atoms with Crippen molar-refractivity contribution < 1.29 is 44.6 Å². The third-order valence-electron chi connectivity index (χ3n) is 5.27. The molecule has 0 spiro atoms. The zero-order chi connectivity index (χ0) is 28.4. The monoisotopic (exact) mass is 532 g/mol. The average Bonchev–Trinajstić information content (AvgIpc) is 2.93. The largest absolute Gasteiger partial charge is 0.508 e. The van der Waals surface area contributed by atoms with Crippen LogP contribution in [-0.2, 0) is 16.3 Å². The predicted octanol–water partition coefficient (Wildman–Crippen LogP) is 5.39. The van der Waals surface area contributed by atoms with Gasteiger partial charge < -0.3 is 35.5 Å². The van der Waals surface area contributed by atoms with Gasteiger partial charge in [0.2, 0.25) is 0 Å². The van der Waals surface area contributed by atoms with Crippen molar-refractivity contribution in [3.8, 4) is 23.0 Å². The Morgan fingerprint density at radius 2 is 1.31 bits per heavy atom. The molecule has 39 heavy (non-hydrogen) atoms. The van der Waals surface area contributed by atoms with Crippen LogP contribution >= 0.6 is 0 Å². The molecule has 1 amide bonds. The van der Waals surface area contributed by atoms with Crippen LogP contribution in [0.15, 0.2) is 84.9 Å². The van der Waals surface area contributed by atoms with Crippen LogP contribution in [0.25, 0.3) is 0 Å². The number of carboxylic acids is 1. The van der Waals surface area contributed by atoms with Crippen LogP contribution in [0.2, 0.25) is 0 Å². The van der Waals surface area contributed by atoms with Crippen molar-refractivity contribution in [3.63, 3.8) is 0 Å². The van der Waals surface area contributed by atoms with E-state index in [2.05, 4.69) is 15.5 Å². The van der Waals surface area contributed by atoms with Gasteiger partial charge in [-0.1, -0.05) is 6.07 Å². The number of carbonyl (C=O) groups excluding carboxylic acids is 2. The number of hydrogen-bond acceptors (Lipinski definition) is 9. The Morgan fingerprint density at radius 3 is 1.90 bits per heavy atom. The maximum Gasteiger partial charge on any atom is 0.336 e. The van der Waals surface area contributed by atoms with Gasteiger partial charge in [-0.15, -0.1) is 0 Å². The number of rotatable bonds is 9. The number of ether oxygens (including phenoxy) is 1. The van der Waals surface area contributed by atoms with Gasteiger partial charge >= 0.3 is 5.97 Å². The average molecular weight is 533 g/mol. The van der Waals surface area contributed by atoms with Gasteiger partial charge in [-0.3, -0.25) is 10.1 Å². The summed E-state index contributed by atoms with van der Waals surface area (Å²) in [6.45, 7) is 1.95. The first kappa shape index (κ1) is 28.2. The van der Waals surface area contributed by atoms with Gasteiger partial charge in [-0.05, 0) is 72.8 Å². The molecule has 6 N–H and O–H groups in total. The number of carbonyl (C=O) groups is 3. The highest BCUT2D eigenvalue weighted by Crippen LogP contribution is 2.29. The standard InChI is InChI=1S/C27H22N2O8.CH2O/c30-19-7-12-23(27(33)34)24(13-19)26(32)29-18-4-10-22(11-5-18)37-21-8-2-17(3-9-21)28-25-14-20(31)6-1-16(25)15-36-35;1-2/h1-14,28,30-31,35H,15H2,(H,29,32)(H,33,34);1H2. The summed E-state index contributed by atoms with van der Waals surface area (Å²) in [4.78, 5) is 36.1. The molecule has 4 aromatic rings. The van der Waals surface area contributed by atoms with Crippen molar-refractivity contribution in [2.24, 2.45) is 0 Å². The maximum atomic E-state index is 12.6. The number of aromatic carboxylic acids is 1. The quantitative estimate of drug-likeness (QED) is 0.121. The van der Waals surface area contributed by atoms with Crippen LogP contribution in [0.4, 0.5) is 17.1 Å². The lowest BCUT2D eigenvalue weighted by Crippen LogP contribution is -2.16. The molecule has 0 fully saturated rings. The Labute approximate surface area is 222 Å². The summed E-state index contributed by atoms with van der Waals surface area (Å²) in [5, 5.41) is 43.1. The Bertz CT molecular complexity index is 1440. The Hall–Kier alpha value is -5.39. The second kappa shape index (κ2) is 13.2. The topological polar surface area (TPSA) is 175 Å². The van der Waals surface area contributed by atoms with E-state index < -0.39 is 11.9 Å². The molecule has 200 valence electrons. The minimum absolute atomic E-state index is 0.0468. The summed E-state index contributed by atoms with van der Waals surface area (Å²) >= 11 is 0. The summed E-state index contributed by atoms with van der Waals surface area (Å²) < 4.78 is 5.83. The number of anilines is 3. The maximum absolute atomic E-state index is 12.6. The molecule has 0 bridgehead atoms. The minimum atomic E-state index is -1.28. The summed E-state index contributed by atoms with van der Waals surface area (Å²) in [6.07, 6.45) is 0. The van der Waals surface area contributed by atoms with Crippen molar-refractivity contribution in [1.29, 1.82) is 0 Å². The second-order valence-electron chi connectivity index (χ2n) is 7.88. The van der Waals surface area contributed by atoms with E-state index in [4.69, 9.17) is 14.8 Å². The fraction of sp³-hybridized carbons (Fsp3) is 0.0357.